The molecule has 48 heavy (non-hydrogen) atoms. The van der Waals surface area contributed by atoms with Crippen molar-refractivity contribution in [1.29, 1.82) is 0 Å². The second kappa shape index (κ2) is 14.3. The fourth-order valence-electron chi connectivity index (χ4n) is 7.83. The Balaban J connectivity index is 1.43. The number of carbonyl (C=O) groups excluding carboxylic acids is 2. The van der Waals surface area contributed by atoms with Crippen molar-refractivity contribution >= 4 is 28.7 Å². The topological polar surface area (TPSA) is 149 Å². The van der Waals surface area contributed by atoms with E-state index in [-0.39, 0.29) is 42.9 Å². The molecule has 0 saturated carbocycles. The van der Waals surface area contributed by atoms with Crippen LogP contribution in [0.4, 0.5) is 0 Å². The van der Waals surface area contributed by atoms with Crippen molar-refractivity contribution < 1.29 is 34.0 Å². The number of amidine groups is 1. The van der Waals surface area contributed by atoms with Crippen molar-refractivity contribution in [2.45, 2.75) is 122 Å². The predicted molar refractivity (Wildman–Crippen MR) is 183 cm³/mol. The van der Waals surface area contributed by atoms with E-state index in [1.165, 1.54) is 0 Å². The average molecular weight is 670 g/mol. The third kappa shape index (κ3) is 7.51. The van der Waals surface area contributed by atoms with Crippen LogP contribution < -0.4 is 5.32 Å². The van der Waals surface area contributed by atoms with Crippen LogP contribution in [-0.4, -0.2) is 118 Å². The zero-order valence-corrected chi connectivity index (χ0v) is 29.8. The summed E-state index contributed by atoms with van der Waals surface area (Å²) in [4.78, 5) is 39.2. The van der Waals surface area contributed by atoms with Gasteiger partial charge in [0.2, 0.25) is 11.8 Å². The smallest absolute Gasteiger partial charge is 0.288 e. The highest BCUT2D eigenvalue weighted by Gasteiger charge is 2.52. The van der Waals surface area contributed by atoms with Gasteiger partial charge < -0.3 is 44.5 Å². The van der Waals surface area contributed by atoms with Crippen LogP contribution in [0.2, 0.25) is 0 Å². The number of para-hydroxylation sites is 1. The van der Waals surface area contributed by atoms with E-state index in [9.17, 15) is 19.8 Å². The Morgan fingerprint density at radius 2 is 1.85 bits per heavy atom. The van der Waals surface area contributed by atoms with Crippen LogP contribution in [-0.2, 0) is 30.2 Å². The number of benzene rings is 1. The molecule has 1 aromatic heterocycles. The molecular formula is C36H55N5O7. The summed E-state index contributed by atoms with van der Waals surface area (Å²) in [6, 6.07) is 7.50. The fourth-order valence-corrected chi connectivity index (χ4v) is 7.83. The summed E-state index contributed by atoms with van der Waals surface area (Å²) in [5, 5.41) is 27.8. The molecule has 5 rings (SSSR count). The predicted octanol–water partition coefficient (Wildman–Crippen LogP) is 3.06. The second-order valence-electron chi connectivity index (χ2n) is 15.0. The lowest BCUT2D eigenvalue weighted by molar-refractivity contribution is -0.288. The van der Waals surface area contributed by atoms with Crippen molar-refractivity contribution in [3.8, 4) is 0 Å². The van der Waals surface area contributed by atoms with Gasteiger partial charge in [0.15, 0.2) is 12.4 Å². The molecule has 0 radical (unpaired) electrons. The van der Waals surface area contributed by atoms with Crippen molar-refractivity contribution in [3.05, 3.63) is 36.0 Å². The molecule has 11 atom stereocenters. The molecule has 3 fully saturated rings. The van der Waals surface area contributed by atoms with Gasteiger partial charge in [-0.25, -0.2) is 4.99 Å². The van der Waals surface area contributed by atoms with E-state index in [1.54, 1.807) is 32.7 Å². The minimum absolute atomic E-state index is 0.0349. The molecule has 1 unspecified atom stereocenters. The van der Waals surface area contributed by atoms with E-state index in [4.69, 9.17) is 14.2 Å². The van der Waals surface area contributed by atoms with E-state index in [0.717, 1.165) is 16.5 Å². The maximum Gasteiger partial charge on any atom is 0.288 e. The lowest BCUT2D eigenvalue weighted by Gasteiger charge is -2.45. The standard InChI is InChI=1S/C36H55N5O7/c1-19(2)38-35-41(9)28-14-21(4)46-34(30(28)47-35)48-31-22(5)29(42)23(6)32(43)39-27(15-24-17-37-26-13-11-10-12-25(24)26)33(44)40(8)18-20(3)16-36(31,7)45/h10-13,17,19-23,27-31,34,37,42,45H,14-16,18H2,1-9H3,(H,39,43)/b38-35+/t20-,21-,22+,23-,27+,28+,29+,30-,31-,34?,36-/m1/s1. The van der Waals surface area contributed by atoms with Crippen LogP contribution in [0.15, 0.2) is 35.5 Å². The van der Waals surface area contributed by atoms with E-state index < -0.39 is 54.0 Å². The molecule has 12 nitrogen and oxygen atoms in total. The van der Waals surface area contributed by atoms with E-state index in [0.29, 0.717) is 19.0 Å². The monoisotopic (exact) mass is 669 g/mol. The number of hydrogen-bond acceptors (Lipinski definition) is 8. The zero-order chi connectivity index (χ0) is 35.1. The van der Waals surface area contributed by atoms with Crippen LogP contribution >= 0.6 is 0 Å². The van der Waals surface area contributed by atoms with Crippen LogP contribution in [0, 0.1) is 17.8 Å². The molecule has 12 heteroatoms. The highest BCUT2D eigenvalue weighted by molar-refractivity contribution is 5.90. The number of amides is 2. The number of fused-ring (bicyclic) bond motifs is 2. The van der Waals surface area contributed by atoms with Crippen LogP contribution in [0.3, 0.4) is 0 Å². The van der Waals surface area contributed by atoms with Gasteiger partial charge in [-0.2, -0.15) is 0 Å². The maximum absolute atomic E-state index is 13.9. The number of carbonyl (C=O) groups is 2. The number of nitrogens with one attached hydrogen (secondary N) is 2. The Morgan fingerprint density at radius 1 is 1.15 bits per heavy atom. The molecule has 3 aliphatic rings. The van der Waals surface area contributed by atoms with Gasteiger partial charge in [0.25, 0.3) is 6.02 Å². The summed E-state index contributed by atoms with van der Waals surface area (Å²) in [7, 11) is 3.67. The number of aliphatic imine (C=N–C) groups is 1. The zero-order valence-electron chi connectivity index (χ0n) is 29.8. The molecular weight excluding hydrogens is 614 g/mol. The molecule has 1 aromatic carbocycles. The molecule has 4 heterocycles. The number of ether oxygens (including phenoxy) is 3. The quantitative estimate of drug-likeness (QED) is 0.380. The third-order valence-electron chi connectivity index (χ3n) is 10.3. The molecule has 4 N–H and O–H groups in total. The first-order chi connectivity index (χ1) is 22.6. The highest BCUT2D eigenvalue weighted by atomic mass is 16.7. The Hall–Kier alpha value is -3.19. The fraction of sp³-hybridized carbons (Fsp3) is 0.694. The Bertz CT molecular complexity index is 1480. The van der Waals surface area contributed by atoms with Gasteiger partial charge in [0.1, 0.15) is 6.04 Å². The Kier molecular flexibility index (Phi) is 10.8. The first kappa shape index (κ1) is 36.1. The first-order valence-corrected chi connectivity index (χ1v) is 17.4. The van der Waals surface area contributed by atoms with Crippen molar-refractivity contribution in [2.75, 3.05) is 20.6 Å². The van der Waals surface area contributed by atoms with Gasteiger partial charge in [-0.15, -0.1) is 0 Å². The third-order valence-corrected chi connectivity index (χ3v) is 10.3. The van der Waals surface area contributed by atoms with Gasteiger partial charge in [0.05, 0.1) is 35.9 Å². The van der Waals surface area contributed by atoms with Gasteiger partial charge in [-0.05, 0) is 58.1 Å². The molecule has 0 spiro atoms. The molecule has 0 aliphatic carbocycles. The van der Waals surface area contributed by atoms with Crippen LogP contribution in [0.1, 0.15) is 66.9 Å². The van der Waals surface area contributed by atoms with Gasteiger partial charge in [-0.1, -0.05) is 39.0 Å². The van der Waals surface area contributed by atoms with Gasteiger partial charge in [0, 0.05) is 56.1 Å². The van der Waals surface area contributed by atoms with Crippen molar-refractivity contribution in [2.24, 2.45) is 22.7 Å². The van der Waals surface area contributed by atoms with E-state index in [1.807, 2.05) is 70.1 Å². The normalized spacial score (nSPS) is 38.0. The SMILES string of the molecule is CC(C)/N=C1/O[C@H]2C(O[C@@H]3[C@@H](C)[C@H](O)[C@@H](C)C(=O)N[C@@H](Cc4c[nH]c5ccccc45)C(=O)N(C)C[C@H](C)C[C@@]3(C)O)O[C@H](C)C[C@@H]2N1C. The van der Waals surface area contributed by atoms with Crippen molar-refractivity contribution in [3.63, 3.8) is 0 Å². The maximum atomic E-state index is 13.9. The summed E-state index contributed by atoms with van der Waals surface area (Å²) in [6.07, 6.45) is -0.518. The molecule has 2 amide bonds. The van der Waals surface area contributed by atoms with E-state index >= 15 is 0 Å². The summed E-state index contributed by atoms with van der Waals surface area (Å²) in [5.41, 5.74) is 0.398. The van der Waals surface area contributed by atoms with E-state index in [2.05, 4.69) is 15.3 Å². The summed E-state index contributed by atoms with van der Waals surface area (Å²) in [5.74, 6) is -2.45. The number of hydrogen-bond donors (Lipinski definition) is 4. The molecule has 266 valence electrons. The van der Waals surface area contributed by atoms with Gasteiger partial charge >= 0.3 is 0 Å². The second-order valence-corrected chi connectivity index (χ2v) is 15.0. The number of aliphatic hydroxyl groups is 2. The molecule has 0 bridgehead atoms. The minimum Gasteiger partial charge on any atom is -0.454 e. The number of rotatable bonds is 5. The molecule has 3 saturated heterocycles. The summed E-state index contributed by atoms with van der Waals surface area (Å²) < 4.78 is 19.3. The lowest BCUT2D eigenvalue weighted by Crippen LogP contribution is -2.57. The Morgan fingerprint density at radius 3 is 2.56 bits per heavy atom. The summed E-state index contributed by atoms with van der Waals surface area (Å²) in [6.45, 7) is 13.4. The number of aromatic nitrogens is 1. The first-order valence-electron chi connectivity index (χ1n) is 17.4. The van der Waals surface area contributed by atoms with Crippen molar-refractivity contribution in [1.82, 2.24) is 20.1 Å². The molecule has 2 aromatic rings. The largest absolute Gasteiger partial charge is 0.454 e. The molecule has 3 aliphatic heterocycles. The lowest BCUT2D eigenvalue weighted by atomic mass is 9.78. The summed E-state index contributed by atoms with van der Waals surface area (Å²) >= 11 is 0. The minimum atomic E-state index is -1.46. The Labute approximate surface area is 284 Å². The van der Waals surface area contributed by atoms with Gasteiger partial charge in [-0.3, -0.25) is 9.59 Å². The van der Waals surface area contributed by atoms with Crippen LogP contribution in [0.25, 0.3) is 10.9 Å². The number of H-pyrrole nitrogens is 1. The highest BCUT2D eigenvalue weighted by Crippen LogP contribution is 2.38. The number of nitrogens with zero attached hydrogens (tertiary/aromatic N) is 3. The number of aliphatic hydroxyl groups excluding tert-OH is 1. The average Bonchev–Trinajstić information content (AvgIpc) is 3.56. The number of aromatic amines is 1. The number of likely N-dealkylation sites (N-methyl/N-ethyl adjacent to an activating group) is 2. The van der Waals surface area contributed by atoms with Crippen LogP contribution in [0.5, 0.6) is 0 Å².